The molecule has 0 unspecified atom stereocenters. The topological polar surface area (TPSA) is 76.7 Å². The molecule has 1 fully saturated rings. The van der Waals surface area contributed by atoms with Crippen LogP contribution in [0.3, 0.4) is 0 Å². The van der Waals surface area contributed by atoms with Crippen molar-refractivity contribution in [1.29, 1.82) is 0 Å². The lowest BCUT2D eigenvalue weighted by Crippen LogP contribution is -2.39. The van der Waals surface area contributed by atoms with E-state index in [0.29, 0.717) is 45.9 Å². The van der Waals surface area contributed by atoms with Crippen molar-refractivity contribution >= 4 is 39.0 Å². The van der Waals surface area contributed by atoms with Gasteiger partial charge in [0.2, 0.25) is 0 Å². The zero-order valence-corrected chi connectivity index (χ0v) is 19.5. The Balaban J connectivity index is 1.67. The Hall–Kier alpha value is -2.36. The maximum absolute atomic E-state index is 13.1. The summed E-state index contributed by atoms with van der Waals surface area (Å²) in [5.74, 6) is 1.67. The van der Waals surface area contributed by atoms with Crippen LogP contribution in [0.1, 0.15) is 20.3 Å². The lowest BCUT2D eigenvalue weighted by molar-refractivity contribution is 0.109. The minimum Gasteiger partial charge on any atom is -0.495 e. The number of methoxy groups -OCH3 is 1. The minimum atomic E-state index is -3.83. The number of nitrogens with zero attached hydrogens (tertiary/aromatic N) is 2. The molecule has 4 rings (SSSR count). The van der Waals surface area contributed by atoms with Gasteiger partial charge in [-0.05, 0) is 60.8 Å². The molecule has 1 aliphatic rings. The standard InChI is InChI=1S/C22H27N3O4S2/c1-15-10-16(2)13-24(12-15)14-25-19-11-17(8-9-21(19)29-22(25)30)31(26,27)23-18-6-4-5-7-20(18)28-3/h4-9,11,15-16,23H,10,12-14H2,1-3H3/t15-,16-/m1/s1. The van der Waals surface area contributed by atoms with E-state index in [1.807, 2.05) is 4.57 Å². The minimum absolute atomic E-state index is 0.135. The number of piperidine rings is 1. The number of likely N-dealkylation sites (tertiary alicyclic amines) is 1. The molecule has 0 radical (unpaired) electrons. The normalized spacial score (nSPS) is 20.1. The highest BCUT2D eigenvalue weighted by atomic mass is 32.2. The molecule has 2 aromatic carbocycles. The largest absolute Gasteiger partial charge is 0.495 e. The number of hydrogen-bond donors (Lipinski definition) is 1. The van der Waals surface area contributed by atoms with Crippen LogP contribution in [0.2, 0.25) is 0 Å². The fraction of sp³-hybridized carbons (Fsp3) is 0.409. The quantitative estimate of drug-likeness (QED) is 0.536. The molecule has 2 atom stereocenters. The Morgan fingerprint density at radius 1 is 1.16 bits per heavy atom. The fourth-order valence-corrected chi connectivity index (χ4v) is 5.72. The van der Waals surface area contributed by atoms with Gasteiger partial charge in [-0.25, -0.2) is 8.42 Å². The highest BCUT2D eigenvalue weighted by Gasteiger charge is 2.24. The Kier molecular flexibility index (Phi) is 6.09. The molecule has 9 heteroatoms. The summed E-state index contributed by atoms with van der Waals surface area (Å²) >= 11 is 5.44. The van der Waals surface area contributed by atoms with E-state index in [9.17, 15) is 8.42 Å². The summed E-state index contributed by atoms with van der Waals surface area (Å²) in [6, 6.07) is 11.7. The van der Waals surface area contributed by atoms with E-state index in [1.165, 1.54) is 19.6 Å². The van der Waals surface area contributed by atoms with Gasteiger partial charge in [0, 0.05) is 13.1 Å². The summed E-state index contributed by atoms with van der Waals surface area (Å²) in [5, 5.41) is 0. The molecule has 7 nitrogen and oxygen atoms in total. The Labute approximate surface area is 187 Å². The van der Waals surface area contributed by atoms with Gasteiger partial charge in [0.15, 0.2) is 5.58 Å². The van der Waals surface area contributed by atoms with Gasteiger partial charge < -0.3 is 9.15 Å². The number of sulfonamides is 1. The molecular weight excluding hydrogens is 434 g/mol. The summed E-state index contributed by atoms with van der Waals surface area (Å²) in [6.45, 7) is 7.04. The van der Waals surface area contributed by atoms with Crippen molar-refractivity contribution in [1.82, 2.24) is 9.47 Å². The maximum Gasteiger partial charge on any atom is 0.270 e. The van der Waals surface area contributed by atoms with Crippen LogP contribution >= 0.6 is 12.2 Å². The number of fused-ring (bicyclic) bond motifs is 1. The summed E-state index contributed by atoms with van der Waals surface area (Å²) in [4.78, 5) is 2.82. The van der Waals surface area contributed by atoms with Gasteiger partial charge in [0.1, 0.15) is 5.75 Å². The summed E-state index contributed by atoms with van der Waals surface area (Å²) in [5.41, 5.74) is 1.61. The number of anilines is 1. The van der Waals surface area contributed by atoms with Gasteiger partial charge in [-0.2, -0.15) is 0 Å². The third kappa shape index (κ3) is 4.63. The van der Waals surface area contributed by atoms with Crippen molar-refractivity contribution in [3.05, 3.63) is 47.3 Å². The molecular formula is C22H27N3O4S2. The highest BCUT2D eigenvalue weighted by Crippen LogP contribution is 2.29. The number of hydrogen-bond acceptors (Lipinski definition) is 6. The van der Waals surface area contributed by atoms with E-state index >= 15 is 0 Å². The van der Waals surface area contributed by atoms with Crippen molar-refractivity contribution in [2.75, 3.05) is 24.9 Å². The van der Waals surface area contributed by atoms with E-state index < -0.39 is 10.0 Å². The van der Waals surface area contributed by atoms with Gasteiger partial charge in [-0.15, -0.1) is 0 Å². The molecule has 0 spiro atoms. The van der Waals surface area contributed by atoms with E-state index in [1.54, 1.807) is 36.4 Å². The zero-order chi connectivity index (χ0) is 22.2. The van der Waals surface area contributed by atoms with Crippen LogP contribution < -0.4 is 9.46 Å². The number of aromatic nitrogens is 1. The molecule has 31 heavy (non-hydrogen) atoms. The van der Waals surface area contributed by atoms with Crippen molar-refractivity contribution < 1.29 is 17.6 Å². The molecule has 0 aliphatic carbocycles. The predicted molar refractivity (Wildman–Crippen MR) is 123 cm³/mol. The van der Waals surface area contributed by atoms with Crippen LogP contribution in [0.15, 0.2) is 51.8 Å². The van der Waals surface area contributed by atoms with E-state index in [-0.39, 0.29) is 4.90 Å². The molecule has 0 amide bonds. The van der Waals surface area contributed by atoms with Crippen LogP contribution in [-0.2, 0) is 16.7 Å². The molecule has 166 valence electrons. The second kappa shape index (κ2) is 8.64. The number of rotatable bonds is 6. The van der Waals surface area contributed by atoms with Crippen LogP contribution in [0.5, 0.6) is 5.75 Å². The van der Waals surface area contributed by atoms with E-state index in [0.717, 1.165) is 13.1 Å². The van der Waals surface area contributed by atoms with Crippen LogP contribution in [-0.4, -0.2) is 38.1 Å². The molecule has 2 heterocycles. The lowest BCUT2D eigenvalue weighted by atomic mass is 9.92. The van der Waals surface area contributed by atoms with E-state index in [4.69, 9.17) is 21.4 Å². The number of nitrogens with one attached hydrogen (secondary N) is 1. The zero-order valence-electron chi connectivity index (χ0n) is 17.9. The first-order chi connectivity index (χ1) is 14.8. The summed E-state index contributed by atoms with van der Waals surface area (Å²) < 4.78 is 41.6. The monoisotopic (exact) mass is 461 g/mol. The van der Waals surface area contributed by atoms with Crippen molar-refractivity contribution in [3.8, 4) is 5.75 Å². The summed E-state index contributed by atoms with van der Waals surface area (Å²) in [7, 11) is -2.33. The van der Waals surface area contributed by atoms with Crippen molar-refractivity contribution in [2.45, 2.75) is 31.8 Å². The van der Waals surface area contributed by atoms with Crippen molar-refractivity contribution in [3.63, 3.8) is 0 Å². The molecule has 0 saturated carbocycles. The van der Waals surface area contributed by atoms with Gasteiger partial charge in [-0.1, -0.05) is 26.0 Å². The Bertz CT molecular complexity index is 1240. The molecule has 1 aliphatic heterocycles. The third-order valence-electron chi connectivity index (χ3n) is 5.59. The second-order valence-corrected chi connectivity index (χ2v) is 10.4. The van der Waals surface area contributed by atoms with Crippen LogP contribution in [0, 0.1) is 16.7 Å². The number of ether oxygens (including phenoxy) is 1. The summed E-state index contributed by atoms with van der Waals surface area (Å²) in [6.07, 6.45) is 1.21. The van der Waals surface area contributed by atoms with Gasteiger partial charge in [-0.3, -0.25) is 14.2 Å². The maximum atomic E-state index is 13.1. The lowest BCUT2D eigenvalue weighted by Gasteiger charge is -2.34. The Morgan fingerprint density at radius 3 is 2.58 bits per heavy atom. The molecule has 1 saturated heterocycles. The molecule has 1 N–H and O–H groups in total. The first-order valence-corrected chi connectivity index (χ1v) is 12.2. The number of para-hydroxylation sites is 2. The van der Waals surface area contributed by atoms with Crippen molar-refractivity contribution in [2.24, 2.45) is 11.8 Å². The molecule has 1 aromatic heterocycles. The highest BCUT2D eigenvalue weighted by molar-refractivity contribution is 7.92. The predicted octanol–water partition coefficient (Wildman–Crippen LogP) is 4.71. The van der Waals surface area contributed by atoms with Gasteiger partial charge >= 0.3 is 0 Å². The number of benzene rings is 2. The number of oxazole rings is 1. The van der Waals surface area contributed by atoms with Gasteiger partial charge in [0.25, 0.3) is 14.9 Å². The first kappa shape index (κ1) is 21.9. The average Bonchev–Trinajstić information content (AvgIpc) is 3.02. The second-order valence-electron chi connectivity index (χ2n) is 8.35. The Morgan fingerprint density at radius 2 is 1.87 bits per heavy atom. The van der Waals surface area contributed by atoms with E-state index in [2.05, 4.69) is 23.5 Å². The molecule has 3 aromatic rings. The van der Waals surface area contributed by atoms with Crippen LogP contribution in [0.4, 0.5) is 5.69 Å². The average molecular weight is 462 g/mol. The molecule has 0 bridgehead atoms. The SMILES string of the molecule is COc1ccccc1NS(=O)(=O)c1ccc2oc(=S)n(CN3C[C@H](C)C[C@@H](C)C3)c2c1. The van der Waals surface area contributed by atoms with Gasteiger partial charge in [0.05, 0.1) is 29.9 Å². The third-order valence-corrected chi connectivity index (χ3v) is 7.25. The van der Waals surface area contributed by atoms with Crippen LogP contribution in [0.25, 0.3) is 11.1 Å². The smallest absolute Gasteiger partial charge is 0.270 e. The fourth-order valence-electron chi connectivity index (χ4n) is 4.38. The first-order valence-electron chi connectivity index (χ1n) is 10.3.